The fraction of sp³-hybridized carbons (Fsp3) is 0.0833. The molecule has 1 amide bonds. The summed E-state index contributed by atoms with van der Waals surface area (Å²) in [6.45, 7) is 1.51. The van der Waals surface area contributed by atoms with Gasteiger partial charge in [-0.15, -0.1) is 0 Å². The predicted molar refractivity (Wildman–Crippen MR) is 125 cm³/mol. The van der Waals surface area contributed by atoms with Gasteiger partial charge in [0.1, 0.15) is 18.0 Å². The summed E-state index contributed by atoms with van der Waals surface area (Å²) < 4.78 is 75.8. The Kier molecular flexibility index (Phi) is 6.95. The molecule has 0 aliphatic carbocycles. The number of rotatable bonds is 5. The number of carbonyl (C=O) groups is 1. The summed E-state index contributed by atoms with van der Waals surface area (Å²) in [5.74, 6) is -11.7. The van der Waals surface area contributed by atoms with Crippen molar-refractivity contribution in [2.45, 2.75) is 13.5 Å². The summed E-state index contributed by atoms with van der Waals surface area (Å²) in [4.78, 5) is 12.9. The van der Waals surface area contributed by atoms with Gasteiger partial charge in [0.2, 0.25) is 5.82 Å². The molecule has 3 aromatic rings. The molecule has 0 saturated carbocycles. The molecular weight excluding hydrogens is 559 g/mol. The van der Waals surface area contributed by atoms with Gasteiger partial charge in [0.05, 0.1) is 11.3 Å². The van der Waals surface area contributed by atoms with Crippen LogP contribution >= 0.6 is 27.5 Å². The van der Waals surface area contributed by atoms with Gasteiger partial charge in [0.15, 0.2) is 23.3 Å². The van der Waals surface area contributed by atoms with E-state index in [0.717, 1.165) is 5.56 Å². The molecule has 11 heteroatoms. The second kappa shape index (κ2) is 9.79. The van der Waals surface area contributed by atoms with Gasteiger partial charge in [-0.2, -0.15) is 10.1 Å². The molecule has 0 fully saturated rings. The lowest BCUT2D eigenvalue weighted by Crippen LogP contribution is -2.25. The van der Waals surface area contributed by atoms with Crippen molar-refractivity contribution < 1.29 is 31.5 Å². The monoisotopic (exact) mass is 570 g/mol. The zero-order chi connectivity index (χ0) is 25.4. The van der Waals surface area contributed by atoms with E-state index in [9.17, 15) is 26.7 Å². The van der Waals surface area contributed by atoms with Crippen LogP contribution in [0.5, 0.6) is 5.75 Å². The Morgan fingerprint density at radius 2 is 1.66 bits per heavy atom. The van der Waals surface area contributed by atoms with Crippen molar-refractivity contribution in [3.63, 3.8) is 0 Å². The number of ether oxygens (including phenoxy) is 1. The van der Waals surface area contributed by atoms with Crippen molar-refractivity contribution in [1.29, 1.82) is 0 Å². The maximum atomic E-state index is 14.3. The van der Waals surface area contributed by atoms with Crippen molar-refractivity contribution in [3.05, 3.63) is 97.7 Å². The number of hydrogen-bond donors (Lipinski definition) is 0. The molecule has 0 bridgehead atoms. The lowest BCUT2D eigenvalue weighted by Gasteiger charge is -2.15. The second-order valence-electron chi connectivity index (χ2n) is 7.38. The third-order valence-electron chi connectivity index (χ3n) is 5.02. The van der Waals surface area contributed by atoms with E-state index in [2.05, 4.69) is 21.0 Å². The molecule has 180 valence electrons. The Bertz CT molecular complexity index is 1400. The SMILES string of the molecule is CC1=NN(c2c(F)c(F)c(F)c(F)c2F)C(=O)/C1=C\c1cc(Br)ccc1OCc1cccc(Cl)c1. The van der Waals surface area contributed by atoms with Crippen LogP contribution in [0.25, 0.3) is 6.08 Å². The average molecular weight is 572 g/mol. The molecule has 0 spiro atoms. The first-order chi connectivity index (χ1) is 16.6. The molecule has 1 heterocycles. The Balaban J connectivity index is 1.70. The van der Waals surface area contributed by atoms with Crippen LogP contribution in [0.3, 0.4) is 0 Å². The van der Waals surface area contributed by atoms with Crippen LogP contribution < -0.4 is 9.75 Å². The van der Waals surface area contributed by atoms with Crippen LogP contribution in [0, 0.1) is 29.1 Å². The van der Waals surface area contributed by atoms with Gasteiger partial charge in [0.25, 0.3) is 5.91 Å². The zero-order valence-corrected chi connectivity index (χ0v) is 20.0. The first-order valence-electron chi connectivity index (χ1n) is 9.88. The van der Waals surface area contributed by atoms with E-state index >= 15 is 0 Å². The van der Waals surface area contributed by atoms with Crippen molar-refractivity contribution >= 4 is 50.9 Å². The highest BCUT2D eigenvalue weighted by molar-refractivity contribution is 9.10. The zero-order valence-electron chi connectivity index (χ0n) is 17.7. The number of anilines is 1. The number of hydrazone groups is 1. The fourth-order valence-electron chi connectivity index (χ4n) is 3.32. The van der Waals surface area contributed by atoms with E-state index in [4.69, 9.17) is 16.3 Å². The minimum atomic E-state index is -2.33. The van der Waals surface area contributed by atoms with Crippen molar-refractivity contribution in [3.8, 4) is 5.75 Å². The number of hydrogen-bond acceptors (Lipinski definition) is 3. The van der Waals surface area contributed by atoms with Crippen molar-refractivity contribution in [1.82, 2.24) is 0 Å². The third kappa shape index (κ3) is 4.81. The Hall–Kier alpha value is -3.24. The van der Waals surface area contributed by atoms with Gasteiger partial charge in [-0.25, -0.2) is 22.0 Å². The molecule has 1 aliphatic rings. The molecular formula is C24H13BrClF5N2O2. The normalized spacial score (nSPS) is 14.6. The van der Waals surface area contributed by atoms with Crippen LogP contribution in [0.1, 0.15) is 18.1 Å². The Morgan fingerprint density at radius 1 is 1.00 bits per heavy atom. The summed E-state index contributed by atoms with van der Waals surface area (Å²) in [5, 5.41) is 4.42. The fourth-order valence-corrected chi connectivity index (χ4v) is 3.91. The molecule has 0 N–H and O–H groups in total. The highest BCUT2D eigenvalue weighted by Gasteiger charge is 2.37. The molecule has 0 aromatic heterocycles. The Morgan fingerprint density at radius 3 is 2.31 bits per heavy atom. The molecule has 4 nitrogen and oxygen atoms in total. The molecule has 35 heavy (non-hydrogen) atoms. The van der Waals surface area contributed by atoms with E-state index in [1.54, 1.807) is 36.4 Å². The first-order valence-corrected chi connectivity index (χ1v) is 11.1. The molecule has 0 atom stereocenters. The largest absolute Gasteiger partial charge is 0.488 e. The van der Waals surface area contributed by atoms with Crippen LogP contribution in [0.2, 0.25) is 5.02 Å². The molecule has 1 aliphatic heterocycles. The van der Waals surface area contributed by atoms with Crippen LogP contribution in [-0.2, 0) is 11.4 Å². The van der Waals surface area contributed by atoms with Gasteiger partial charge in [0, 0.05) is 15.1 Å². The summed E-state index contributed by atoms with van der Waals surface area (Å²) in [6.07, 6.45) is 1.35. The summed E-state index contributed by atoms with van der Waals surface area (Å²) in [6, 6.07) is 12.0. The van der Waals surface area contributed by atoms with Crippen LogP contribution in [-0.4, -0.2) is 11.6 Å². The second-order valence-corrected chi connectivity index (χ2v) is 8.73. The van der Waals surface area contributed by atoms with Gasteiger partial charge >= 0.3 is 0 Å². The summed E-state index contributed by atoms with van der Waals surface area (Å²) in [7, 11) is 0. The first kappa shape index (κ1) is 24.9. The number of benzene rings is 3. The summed E-state index contributed by atoms with van der Waals surface area (Å²) in [5.41, 5.74) is -0.398. The Labute approximate surface area is 209 Å². The number of halogens is 7. The molecule has 0 saturated heterocycles. The van der Waals surface area contributed by atoms with E-state index in [-0.39, 0.29) is 22.9 Å². The highest BCUT2D eigenvalue weighted by atomic mass is 79.9. The van der Waals surface area contributed by atoms with E-state index in [0.29, 0.717) is 20.8 Å². The highest BCUT2D eigenvalue weighted by Crippen LogP contribution is 2.35. The standard InChI is InChI=1S/C24H13BrClF5N2O2/c1-11-16(24(34)33(32-11)23-21(30)19(28)18(27)20(29)22(23)31)9-13-8-14(25)5-6-17(13)35-10-12-3-2-4-15(26)7-12/h2-9H,10H2,1H3/b16-9-. The molecule has 0 unspecified atom stereocenters. The van der Waals surface area contributed by atoms with E-state index in [1.165, 1.54) is 13.0 Å². The van der Waals surface area contributed by atoms with Crippen molar-refractivity contribution in [2.24, 2.45) is 5.10 Å². The molecule has 0 radical (unpaired) electrons. The number of nitrogens with zero attached hydrogens (tertiary/aromatic N) is 2. The third-order valence-corrected chi connectivity index (χ3v) is 5.74. The quantitative estimate of drug-likeness (QED) is 0.141. The molecule has 3 aromatic carbocycles. The minimum absolute atomic E-state index is 0.000270. The lowest BCUT2D eigenvalue weighted by molar-refractivity contribution is -0.114. The lowest BCUT2D eigenvalue weighted by atomic mass is 10.1. The van der Waals surface area contributed by atoms with Gasteiger partial charge < -0.3 is 4.74 Å². The summed E-state index contributed by atoms with van der Waals surface area (Å²) >= 11 is 9.32. The van der Waals surface area contributed by atoms with Crippen molar-refractivity contribution in [2.75, 3.05) is 5.01 Å². The number of amides is 1. The van der Waals surface area contributed by atoms with Crippen LogP contribution in [0.4, 0.5) is 27.6 Å². The molecule has 4 rings (SSSR count). The number of carbonyl (C=O) groups excluding carboxylic acids is 1. The van der Waals surface area contributed by atoms with Crippen LogP contribution in [0.15, 0.2) is 57.6 Å². The average Bonchev–Trinajstić information content (AvgIpc) is 3.09. The van der Waals surface area contributed by atoms with E-state index < -0.39 is 40.7 Å². The predicted octanol–water partition coefficient (Wildman–Crippen LogP) is 7.18. The van der Waals surface area contributed by atoms with E-state index in [1.807, 2.05) is 6.07 Å². The maximum absolute atomic E-state index is 14.3. The van der Waals surface area contributed by atoms with Gasteiger partial charge in [-0.3, -0.25) is 4.79 Å². The maximum Gasteiger partial charge on any atom is 0.280 e. The van der Waals surface area contributed by atoms with Gasteiger partial charge in [-0.05, 0) is 48.9 Å². The topological polar surface area (TPSA) is 41.9 Å². The van der Waals surface area contributed by atoms with Gasteiger partial charge in [-0.1, -0.05) is 39.7 Å². The minimum Gasteiger partial charge on any atom is -0.488 e. The smallest absolute Gasteiger partial charge is 0.280 e.